The van der Waals surface area contributed by atoms with Gasteiger partial charge in [0.1, 0.15) is 0 Å². The third-order valence-electron chi connectivity index (χ3n) is 4.29. The van der Waals surface area contributed by atoms with Gasteiger partial charge >= 0.3 is 0 Å². The molecule has 0 saturated carbocycles. The number of benzene rings is 2. The summed E-state index contributed by atoms with van der Waals surface area (Å²) in [5.74, 6) is 6.65. The van der Waals surface area contributed by atoms with Gasteiger partial charge in [0.2, 0.25) is 5.96 Å². The Hall–Kier alpha value is -3.05. The maximum atomic E-state index is 6.05. The van der Waals surface area contributed by atoms with Crippen LogP contribution in [0.3, 0.4) is 0 Å². The highest BCUT2D eigenvalue weighted by atomic mass is 15.5. The predicted molar refractivity (Wildman–Crippen MR) is 109 cm³/mol. The molecule has 0 saturated heterocycles. The lowest BCUT2D eigenvalue weighted by atomic mass is 10.1. The molecule has 0 unspecified atom stereocenters. The minimum Gasteiger partial charge on any atom is -0.379 e. The highest BCUT2D eigenvalue weighted by Crippen LogP contribution is 2.17. The first-order valence-electron chi connectivity index (χ1n) is 8.65. The number of hydrogen-bond acceptors (Lipinski definition) is 3. The van der Waals surface area contributed by atoms with Gasteiger partial charge in [0.15, 0.2) is 0 Å². The lowest BCUT2D eigenvalue weighted by Gasteiger charge is -2.27. The number of nitrogens with one attached hydrogen (secondary N) is 2. The zero-order valence-electron chi connectivity index (χ0n) is 15.3. The fourth-order valence-corrected chi connectivity index (χ4v) is 2.71. The zero-order valence-corrected chi connectivity index (χ0v) is 15.3. The Bertz CT molecular complexity index is 852. The van der Waals surface area contributed by atoms with Gasteiger partial charge in [0.05, 0.1) is 18.8 Å². The van der Waals surface area contributed by atoms with Crippen molar-refractivity contribution >= 4 is 17.3 Å². The van der Waals surface area contributed by atoms with Crippen LogP contribution in [0.1, 0.15) is 16.7 Å². The van der Waals surface area contributed by atoms with Crippen molar-refractivity contribution in [3.05, 3.63) is 83.6 Å². The van der Waals surface area contributed by atoms with E-state index in [4.69, 9.17) is 5.84 Å². The van der Waals surface area contributed by atoms with Gasteiger partial charge in [-0.2, -0.15) is 0 Å². The molecule has 4 N–H and O–H groups in total. The van der Waals surface area contributed by atoms with E-state index in [9.17, 15) is 0 Å². The molecule has 0 aliphatic carbocycles. The summed E-state index contributed by atoms with van der Waals surface area (Å²) in [5, 5.41) is 8.35. The number of nitrogens with zero attached hydrogens (tertiary/aromatic N) is 2. The molecule has 0 bridgehead atoms. The van der Waals surface area contributed by atoms with E-state index in [1.165, 1.54) is 11.1 Å². The average Bonchev–Trinajstić information content (AvgIpc) is 2.65. The molecule has 0 aromatic heterocycles. The van der Waals surface area contributed by atoms with Crippen LogP contribution in [0.5, 0.6) is 0 Å². The lowest BCUT2D eigenvalue weighted by Crippen LogP contribution is -2.49. The highest BCUT2D eigenvalue weighted by Gasteiger charge is 2.15. The number of rotatable bonds is 5. The van der Waals surface area contributed by atoms with Crippen molar-refractivity contribution in [1.82, 2.24) is 10.3 Å². The topological polar surface area (TPSA) is 65.7 Å². The Morgan fingerprint density at radius 3 is 2.77 bits per heavy atom. The minimum atomic E-state index is 0.595. The first kappa shape index (κ1) is 17.8. The second kappa shape index (κ2) is 7.89. The second-order valence-corrected chi connectivity index (χ2v) is 6.43. The number of anilines is 1. The molecular formula is C21H25N5. The van der Waals surface area contributed by atoms with Gasteiger partial charge in [-0.3, -0.25) is 5.01 Å². The third-order valence-corrected chi connectivity index (χ3v) is 4.29. The molecule has 2 aromatic rings. The fourth-order valence-electron chi connectivity index (χ4n) is 2.71. The highest BCUT2D eigenvalue weighted by molar-refractivity contribution is 5.87. The molecule has 1 aliphatic heterocycles. The number of hydrazine groups is 1. The summed E-state index contributed by atoms with van der Waals surface area (Å²) in [6.45, 7) is 9.51. The molecular weight excluding hydrogens is 322 g/mol. The maximum absolute atomic E-state index is 6.05. The van der Waals surface area contributed by atoms with Crippen molar-refractivity contribution in [2.45, 2.75) is 13.8 Å². The van der Waals surface area contributed by atoms with Crippen molar-refractivity contribution in [2.75, 3.05) is 18.4 Å². The van der Waals surface area contributed by atoms with Crippen LogP contribution in [-0.4, -0.2) is 24.1 Å². The summed E-state index contributed by atoms with van der Waals surface area (Å²) in [4.78, 5) is 4.57. The second-order valence-electron chi connectivity index (χ2n) is 6.43. The molecule has 0 spiro atoms. The van der Waals surface area contributed by atoms with Crippen molar-refractivity contribution in [3.8, 4) is 0 Å². The first-order valence-corrected chi connectivity index (χ1v) is 8.65. The Morgan fingerprint density at radius 1 is 1.23 bits per heavy atom. The molecule has 0 amide bonds. The largest absolute Gasteiger partial charge is 0.379 e. The average molecular weight is 347 g/mol. The van der Waals surface area contributed by atoms with Gasteiger partial charge in [-0.25, -0.2) is 10.8 Å². The normalized spacial score (nSPS) is 15.4. The summed E-state index contributed by atoms with van der Waals surface area (Å²) in [6.07, 6.45) is 2.06. The van der Waals surface area contributed by atoms with Gasteiger partial charge in [0, 0.05) is 11.4 Å². The molecule has 1 heterocycles. The number of aryl methyl sites for hydroxylation is 2. The monoisotopic (exact) mass is 347 g/mol. The standard InChI is InChI=1S/C21H25N5/c1-15-9-10-16(2)20(13-15)23-14-19-11-12-26(22)21(25-19)24-17(3)18-7-5-4-6-8-18/h4-11,13,23H,3,12,14,22H2,1-2H3,(H,24,25). The molecule has 0 atom stereocenters. The van der Waals surface area contributed by atoms with Crippen molar-refractivity contribution in [1.29, 1.82) is 0 Å². The molecule has 0 radical (unpaired) electrons. The van der Waals surface area contributed by atoms with E-state index < -0.39 is 0 Å². The molecule has 0 fully saturated rings. The molecule has 26 heavy (non-hydrogen) atoms. The Balaban J connectivity index is 1.68. The van der Waals surface area contributed by atoms with Gasteiger partial charge in [-0.05, 0) is 42.7 Å². The molecule has 1 aliphatic rings. The van der Waals surface area contributed by atoms with Gasteiger partial charge < -0.3 is 10.6 Å². The molecule has 2 aromatic carbocycles. The van der Waals surface area contributed by atoms with Crippen LogP contribution < -0.4 is 16.5 Å². The zero-order chi connectivity index (χ0) is 18.5. The van der Waals surface area contributed by atoms with Crippen molar-refractivity contribution < 1.29 is 0 Å². The summed E-state index contributed by atoms with van der Waals surface area (Å²) in [5.41, 5.74) is 6.27. The van der Waals surface area contributed by atoms with E-state index in [0.29, 0.717) is 24.7 Å². The van der Waals surface area contributed by atoms with E-state index >= 15 is 0 Å². The Morgan fingerprint density at radius 2 is 2.00 bits per heavy atom. The fraction of sp³-hybridized carbons (Fsp3) is 0.190. The maximum Gasteiger partial charge on any atom is 0.218 e. The molecule has 5 nitrogen and oxygen atoms in total. The molecule has 5 heteroatoms. The summed E-state index contributed by atoms with van der Waals surface area (Å²) >= 11 is 0. The lowest BCUT2D eigenvalue weighted by molar-refractivity contribution is 0.458. The number of aliphatic imine (C=N–C) groups is 1. The van der Waals surface area contributed by atoms with Crippen LogP contribution in [0.2, 0.25) is 0 Å². The predicted octanol–water partition coefficient (Wildman–Crippen LogP) is 3.41. The van der Waals surface area contributed by atoms with Crippen LogP contribution in [0.4, 0.5) is 5.69 Å². The van der Waals surface area contributed by atoms with E-state index in [2.05, 4.69) is 60.3 Å². The van der Waals surface area contributed by atoms with Crippen LogP contribution in [-0.2, 0) is 0 Å². The van der Waals surface area contributed by atoms with E-state index in [1.807, 2.05) is 30.3 Å². The number of guanidine groups is 1. The molecule has 134 valence electrons. The summed E-state index contributed by atoms with van der Waals surface area (Å²) in [7, 11) is 0. The summed E-state index contributed by atoms with van der Waals surface area (Å²) in [6, 6.07) is 16.3. The Kier molecular flexibility index (Phi) is 5.39. The van der Waals surface area contributed by atoms with Gasteiger partial charge in [-0.15, -0.1) is 0 Å². The van der Waals surface area contributed by atoms with Gasteiger partial charge in [-0.1, -0.05) is 49.0 Å². The van der Waals surface area contributed by atoms with Crippen LogP contribution in [0.15, 0.2) is 71.9 Å². The molecule has 3 rings (SSSR count). The SMILES string of the molecule is C=C(N=C1NC(CNc2cc(C)ccc2C)=CCN1N)c1ccccc1. The third kappa shape index (κ3) is 4.32. The van der Waals surface area contributed by atoms with E-state index in [1.54, 1.807) is 5.01 Å². The quantitative estimate of drug-likeness (QED) is 0.725. The van der Waals surface area contributed by atoms with Crippen LogP contribution >= 0.6 is 0 Å². The van der Waals surface area contributed by atoms with Gasteiger partial charge in [0.25, 0.3) is 0 Å². The van der Waals surface area contributed by atoms with Crippen LogP contribution in [0.25, 0.3) is 5.70 Å². The Labute approximate surface area is 154 Å². The van der Waals surface area contributed by atoms with E-state index in [-0.39, 0.29) is 0 Å². The number of nitrogens with two attached hydrogens (primary N) is 1. The number of hydrogen-bond donors (Lipinski definition) is 3. The van der Waals surface area contributed by atoms with E-state index in [0.717, 1.165) is 16.9 Å². The minimum absolute atomic E-state index is 0.595. The summed E-state index contributed by atoms with van der Waals surface area (Å²) < 4.78 is 0. The van der Waals surface area contributed by atoms with Crippen molar-refractivity contribution in [3.63, 3.8) is 0 Å². The smallest absolute Gasteiger partial charge is 0.218 e. The van der Waals surface area contributed by atoms with Crippen molar-refractivity contribution in [2.24, 2.45) is 10.8 Å². The first-order chi connectivity index (χ1) is 12.5. The van der Waals surface area contributed by atoms with Crippen LogP contribution in [0, 0.1) is 13.8 Å².